The van der Waals surface area contributed by atoms with E-state index in [0.717, 1.165) is 16.5 Å². The monoisotopic (exact) mass is 380 g/mol. The molecule has 6 heteroatoms. The first-order valence-corrected chi connectivity index (χ1v) is 9.44. The number of carbonyl (C=O) groups excluding carboxylic acids is 1. The van der Waals surface area contributed by atoms with E-state index in [1.807, 2.05) is 48.5 Å². The van der Waals surface area contributed by atoms with Crippen LogP contribution >= 0.6 is 0 Å². The Morgan fingerprint density at radius 3 is 2.64 bits per heavy atom. The van der Waals surface area contributed by atoms with Gasteiger partial charge >= 0.3 is 0 Å². The average Bonchev–Trinajstić information content (AvgIpc) is 3.18. The molecule has 28 heavy (non-hydrogen) atoms. The number of nitrogens with one attached hydrogen (secondary N) is 1. The van der Waals surface area contributed by atoms with Crippen molar-refractivity contribution in [1.82, 2.24) is 9.88 Å². The predicted octanol–water partition coefficient (Wildman–Crippen LogP) is 2.79. The SMILES string of the molecule is COc1ccccc1[C@@H]([C@@H](O)C(=O)c1c[nH]c2ccccc12)N1CCOCC1. The maximum Gasteiger partial charge on any atom is 0.195 e. The number of hydrogen-bond donors (Lipinski definition) is 2. The zero-order chi connectivity index (χ0) is 19.5. The van der Waals surface area contributed by atoms with Gasteiger partial charge < -0.3 is 19.6 Å². The van der Waals surface area contributed by atoms with E-state index in [2.05, 4.69) is 9.88 Å². The Bertz CT molecular complexity index is 962. The summed E-state index contributed by atoms with van der Waals surface area (Å²) in [6, 6.07) is 14.6. The van der Waals surface area contributed by atoms with Crippen LogP contribution < -0.4 is 4.74 Å². The molecule has 4 rings (SSSR count). The van der Waals surface area contributed by atoms with Crippen molar-refractivity contribution in [3.05, 3.63) is 65.9 Å². The van der Waals surface area contributed by atoms with Crippen LogP contribution in [0.3, 0.4) is 0 Å². The van der Waals surface area contributed by atoms with Crippen molar-refractivity contribution in [3.8, 4) is 5.75 Å². The summed E-state index contributed by atoms with van der Waals surface area (Å²) in [5.41, 5.74) is 2.17. The minimum absolute atomic E-state index is 0.306. The molecular weight excluding hydrogens is 356 g/mol. The number of hydrogen-bond acceptors (Lipinski definition) is 5. The minimum atomic E-state index is -1.23. The molecule has 0 radical (unpaired) electrons. The van der Waals surface area contributed by atoms with Gasteiger partial charge in [-0.3, -0.25) is 9.69 Å². The number of ether oxygens (including phenoxy) is 2. The Kier molecular flexibility index (Phi) is 5.43. The fourth-order valence-corrected chi connectivity index (χ4v) is 3.91. The van der Waals surface area contributed by atoms with Crippen molar-refractivity contribution < 1.29 is 19.4 Å². The highest BCUT2D eigenvalue weighted by atomic mass is 16.5. The van der Waals surface area contributed by atoms with Crippen LogP contribution in [-0.2, 0) is 4.74 Å². The number of aliphatic hydroxyl groups excluding tert-OH is 1. The van der Waals surface area contributed by atoms with Gasteiger partial charge in [0.2, 0.25) is 0 Å². The van der Waals surface area contributed by atoms with Gasteiger partial charge in [-0.05, 0) is 12.1 Å². The molecule has 2 atom stereocenters. The molecule has 2 heterocycles. The van der Waals surface area contributed by atoms with Gasteiger partial charge in [0.1, 0.15) is 11.9 Å². The molecule has 0 amide bonds. The summed E-state index contributed by atoms with van der Waals surface area (Å²) in [5.74, 6) is 0.351. The molecular formula is C22H24N2O4. The topological polar surface area (TPSA) is 74.8 Å². The molecule has 1 aliphatic rings. The van der Waals surface area contributed by atoms with Gasteiger partial charge in [0.05, 0.1) is 26.4 Å². The van der Waals surface area contributed by atoms with Crippen LogP contribution in [0.4, 0.5) is 0 Å². The Hall–Kier alpha value is -2.67. The highest BCUT2D eigenvalue weighted by molar-refractivity contribution is 6.10. The van der Waals surface area contributed by atoms with E-state index < -0.39 is 12.1 Å². The third-order valence-electron chi connectivity index (χ3n) is 5.32. The first-order valence-electron chi connectivity index (χ1n) is 9.44. The Morgan fingerprint density at radius 2 is 1.86 bits per heavy atom. The third-order valence-corrected chi connectivity index (χ3v) is 5.32. The largest absolute Gasteiger partial charge is 0.496 e. The zero-order valence-electron chi connectivity index (χ0n) is 15.8. The van der Waals surface area contributed by atoms with Crippen molar-refractivity contribution in [2.75, 3.05) is 33.4 Å². The van der Waals surface area contributed by atoms with Gasteiger partial charge in [-0.2, -0.15) is 0 Å². The minimum Gasteiger partial charge on any atom is -0.496 e. The van der Waals surface area contributed by atoms with Gasteiger partial charge in [0.15, 0.2) is 5.78 Å². The fraction of sp³-hybridized carbons (Fsp3) is 0.318. The Morgan fingerprint density at radius 1 is 1.14 bits per heavy atom. The number of fused-ring (bicyclic) bond motifs is 1. The normalized spacial score (nSPS) is 17.4. The number of aliphatic hydroxyl groups is 1. The maximum atomic E-state index is 13.3. The molecule has 1 aliphatic heterocycles. The number of H-pyrrole nitrogens is 1. The molecule has 146 valence electrons. The highest BCUT2D eigenvalue weighted by Crippen LogP contribution is 2.34. The zero-order valence-corrected chi connectivity index (χ0v) is 15.8. The number of para-hydroxylation sites is 2. The van der Waals surface area contributed by atoms with E-state index in [1.165, 1.54) is 0 Å². The fourth-order valence-electron chi connectivity index (χ4n) is 3.91. The van der Waals surface area contributed by atoms with Crippen LogP contribution in [0.15, 0.2) is 54.7 Å². The van der Waals surface area contributed by atoms with Crippen LogP contribution in [0.2, 0.25) is 0 Å². The van der Waals surface area contributed by atoms with Gasteiger partial charge in [-0.25, -0.2) is 0 Å². The lowest BCUT2D eigenvalue weighted by molar-refractivity contribution is -0.0178. The molecule has 3 aromatic rings. The van der Waals surface area contributed by atoms with Crippen molar-refractivity contribution in [2.45, 2.75) is 12.1 Å². The van der Waals surface area contributed by atoms with Gasteiger partial charge in [-0.1, -0.05) is 36.4 Å². The molecule has 2 N–H and O–H groups in total. The quantitative estimate of drug-likeness (QED) is 0.643. The van der Waals surface area contributed by atoms with Gasteiger partial charge in [0.25, 0.3) is 0 Å². The molecule has 2 aromatic carbocycles. The number of benzene rings is 2. The number of aromatic nitrogens is 1. The first-order chi connectivity index (χ1) is 13.7. The smallest absolute Gasteiger partial charge is 0.195 e. The lowest BCUT2D eigenvalue weighted by Crippen LogP contribution is -2.46. The summed E-state index contributed by atoms with van der Waals surface area (Å²) in [7, 11) is 1.60. The van der Waals surface area contributed by atoms with E-state index in [0.29, 0.717) is 37.6 Å². The molecule has 0 aliphatic carbocycles. The predicted molar refractivity (Wildman–Crippen MR) is 107 cm³/mol. The van der Waals surface area contributed by atoms with Crippen molar-refractivity contribution >= 4 is 16.7 Å². The summed E-state index contributed by atoms with van der Waals surface area (Å²) in [5, 5.41) is 12.0. The van der Waals surface area contributed by atoms with E-state index >= 15 is 0 Å². The van der Waals surface area contributed by atoms with E-state index in [-0.39, 0.29) is 5.78 Å². The van der Waals surface area contributed by atoms with Crippen molar-refractivity contribution in [2.24, 2.45) is 0 Å². The molecule has 0 saturated carbocycles. The van der Waals surface area contributed by atoms with E-state index in [4.69, 9.17) is 9.47 Å². The average molecular weight is 380 g/mol. The van der Waals surface area contributed by atoms with E-state index in [9.17, 15) is 9.90 Å². The van der Waals surface area contributed by atoms with Crippen LogP contribution in [0, 0.1) is 0 Å². The van der Waals surface area contributed by atoms with Crippen molar-refractivity contribution in [1.29, 1.82) is 0 Å². The standard InChI is InChI=1S/C22H24N2O4/c1-27-19-9-5-3-7-16(19)20(24-10-12-28-13-11-24)22(26)21(25)17-14-23-18-8-4-2-6-15(17)18/h2-9,14,20,22-23,26H,10-13H2,1H3/t20-,22+/m0/s1. The molecule has 0 spiro atoms. The van der Waals surface area contributed by atoms with Gasteiger partial charge in [-0.15, -0.1) is 0 Å². The molecule has 1 saturated heterocycles. The van der Waals surface area contributed by atoms with Crippen LogP contribution in [0.25, 0.3) is 10.9 Å². The van der Waals surface area contributed by atoms with Gasteiger partial charge in [0, 0.05) is 41.3 Å². The number of morpholine rings is 1. The maximum absolute atomic E-state index is 13.3. The van der Waals surface area contributed by atoms with Crippen LogP contribution in [0.1, 0.15) is 22.0 Å². The summed E-state index contributed by atoms with van der Waals surface area (Å²) in [6.45, 7) is 2.42. The second-order valence-corrected chi connectivity index (χ2v) is 6.89. The lowest BCUT2D eigenvalue weighted by atomic mass is 9.92. The Balaban J connectivity index is 1.74. The Labute approximate surface area is 163 Å². The molecule has 1 fully saturated rings. The highest BCUT2D eigenvalue weighted by Gasteiger charge is 2.36. The number of rotatable bonds is 6. The first kappa shape index (κ1) is 18.7. The second-order valence-electron chi connectivity index (χ2n) is 6.89. The number of carbonyl (C=O) groups is 1. The molecule has 6 nitrogen and oxygen atoms in total. The molecule has 1 aromatic heterocycles. The molecule has 0 bridgehead atoms. The summed E-state index contributed by atoms with van der Waals surface area (Å²) < 4.78 is 11.0. The second kappa shape index (κ2) is 8.14. The van der Waals surface area contributed by atoms with Crippen LogP contribution in [-0.4, -0.2) is 60.3 Å². The summed E-state index contributed by atoms with van der Waals surface area (Å²) in [6.07, 6.45) is 0.447. The van der Waals surface area contributed by atoms with Crippen molar-refractivity contribution in [3.63, 3.8) is 0 Å². The number of aromatic amines is 1. The van der Waals surface area contributed by atoms with E-state index in [1.54, 1.807) is 13.3 Å². The number of methoxy groups -OCH3 is 1. The lowest BCUT2D eigenvalue weighted by Gasteiger charge is -2.37. The summed E-state index contributed by atoms with van der Waals surface area (Å²) in [4.78, 5) is 18.5. The third kappa shape index (κ3) is 3.42. The number of ketones is 1. The summed E-state index contributed by atoms with van der Waals surface area (Å²) >= 11 is 0. The number of Topliss-reactive ketones (excluding diaryl/α,β-unsaturated/α-hetero) is 1. The molecule has 0 unspecified atom stereocenters. The number of nitrogens with zero attached hydrogens (tertiary/aromatic N) is 1. The van der Waals surface area contributed by atoms with Crippen LogP contribution in [0.5, 0.6) is 5.75 Å².